The van der Waals surface area contributed by atoms with Gasteiger partial charge in [0.2, 0.25) is 5.91 Å². The molecule has 0 bridgehead atoms. The Hall–Kier alpha value is -1.67. The number of ether oxygens (including phenoxy) is 1. The molecule has 0 atom stereocenters. The van der Waals surface area contributed by atoms with Crippen molar-refractivity contribution in [2.75, 3.05) is 31.7 Å². The molecule has 1 aromatic rings. The molecule has 1 amide bonds. The zero-order valence-electron chi connectivity index (χ0n) is 16.7. The van der Waals surface area contributed by atoms with Crippen LogP contribution in [0.1, 0.15) is 44.6 Å². The largest absolute Gasteiger partial charge is 0.494 e. The van der Waals surface area contributed by atoms with E-state index in [0.29, 0.717) is 13.0 Å². The Morgan fingerprint density at radius 1 is 1.29 bits per heavy atom. The number of hydrogen-bond acceptors (Lipinski definition) is 5. The molecule has 1 heterocycles. The Morgan fingerprint density at radius 2 is 2.00 bits per heavy atom. The predicted octanol–water partition coefficient (Wildman–Crippen LogP) is 2.52. The van der Waals surface area contributed by atoms with Crippen LogP contribution < -0.4 is 10.1 Å². The van der Waals surface area contributed by atoms with Crippen molar-refractivity contribution in [3.05, 3.63) is 29.6 Å². The van der Waals surface area contributed by atoms with E-state index in [9.17, 15) is 17.6 Å². The number of piperidine rings is 1. The van der Waals surface area contributed by atoms with E-state index in [0.717, 1.165) is 44.3 Å². The number of amides is 1. The van der Waals surface area contributed by atoms with Gasteiger partial charge in [-0.15, -0.1) is 0 Å². The standard InChI is InChI=1S/C20H31FN2O4S/c1-3-4-5-12-28(25,26)15-20(24)22-17-8-10-23(11-9-17)14-16-6-7-19(27-2)18(21)13-16/h6-7,13,17H,3-5,8-12,14-15H2,1-2H3,(H,22,24). The average Bonchev–Trinajstić information content (AvgIpc) is 2.63. The van der Waals surface area contributed by atoms with Crippen LogP contribution in [0.3, 0.4) is 0 Å². The lowest BCUT2D eigenvalue weighted by Gasteiger charge is -2.32. The summed E-state index contributed by atoms with van der Waals surface area (Å²) in [6, 6.07) is 4.94. The predicted molar refractivity (Wildman–Crippen MR) is 108 cm³/mol. The van der Waals surface area contributed by atoms with Crippen molar-refractivity contribution in [3.63, 3.8) is 0 Å². The molecule has 0 saturated carbocycles. The molecular weight excluding hydrogens is 383 g/mol. The highest BCUT2D eigenvalue weighted by atomic mass is 32.2. The van der Waals surface area contributed by atoms with Gasteiger partial charge in [-0.1, -0.05) is 25.8 Å². The number of carbonyl (C=O) groups excluding carboxylic acids is 1. The lowest BCUT2D eigenvalue weighted by molar-refractivity contribution is -0.119. The van der Waals surface area contributed by atoms with Gasteiger partial charge in [-0.3, -0.25) is 9.69 Å². The molecule has 0 aliphatic carbocycles. The second-order valence-electron chi connectivity index (χ2n) is 7.39. The third kappa shape index (κ3) is 7.39. The molecule has 6 nitrogen and oxygen atoms in total. The van der Waals surface area contributed by atoms with Gasteiger partial charge in [-0.05, 0) is 37.0 Å². The van der Waals surface area contributed by atoms with Crippen LogP contribution in [0.4, 0.5) is 4.39 Å². The molecule has 0 aromatic heterocycles. The number of unbranched alkanes of at least 4 members (excludes halogenated alkanes) is 2. The van der Waals surface area contributed by atoms with E-state index in [1.165, 1.54) is 13.2 Å². The zero-order chi connectivity index (χ0) is 20.6. The van der Waals surface area contributed by atoms with E-state index in [1.807, 2.05) is 13.0 Å². The first kappa shape index (κ1) is 22.6. The first-order valence-corrected chi connectivity index (χ1v) is 11.7. The van der Waals surface area contributed by atoms with E-state index >= 15 is 0 Å². The molecule has 0 unspecified atom stereocenters. The van der Waals surface area contributed by atoms with Crippen LogP contribution in [0.5, 0.6) is 5.75 Å². The van der Waals surface area contributed by atoms with Gasteiger partial charge >= 0.3 is 0 Å². The summed E-state index contributed by atoms with van der Waals surface area (Å²) >= 11 is 0. The second-order valence-corrected chi connectivity index (χ2v) is 9.57. The van der Waals surface area contributed by atoms with Crippen molar-refractivity contribution < 1.29 is 22.3 Å². The summed E-state index contributed by atoms with van der Waals surface area (Å²) in [5.74, 6) is -0.906. The van der Waals surface area contributed by atoms with Gasteiger partial charge in [-0.2, -0.15) is 0 Å². The van der Waals surface area contributed by atoms with E-state index in [2.05, 4.69) is 10.2 Å². The highest BCUT2D eigenvalue weighted by Crippen LogP contribution is 2.20. The number of nitrogens with zero attached hydrogens (tertiary/aromatic N) is 1. The molecule has 1 fully saturated rings. The van der Waals surface area contributed by atoms with E-state index < -0.39 is 21.5 Å². The van der Waals surface area contributed by atoms with Crippen LogP contribution in [0.2, 0.25) is 0 Å². The molecule has 28 heavy (non-hydrogen) atoms. The lowest BCUT2D eigenvalue weighted by atomic mass is 10.0. The topological polar surface area (TPSA) is 75.7 Å². The Morgan fingerprint density at radius 3 is 2.61 bits per heavy atom. The quantitative estimate of drug-likeness (QED) is 0.596. The molecule has 0 spiro atoms. The summed E-state index contributed by atoms with van der Waals surface area (Å²) in [4.78, 5) is 14.3. The molecular formula is C20H31FN2O4S. The SMILES string of the molecule is CCCCCS(=O)(=O)CC(=O)NC1CCN(Cc2ccc(OC)c(F)c2)CC1. The molecule has 1 aliphatic heterocycles. The number of nitrogens with one attached hydrogen (secondary N) is 1. The fourth-order valence-corrected chi connectivity index (χ4v) is 4.69. The van der Waals surface area contributed by atoms with Crippen molar-refractivity contribution in [1.82, 2.24) is 10.2 Å². The fraction of sp³-hybridized carbons (Fsp3) is 0.650. The lowest BCUT2D eigenvalue weighted by Crippen LogP contribution is -2.46. The number of methoxy groups -OCH3 is 1. The van der Waals surface area contributed by atoms with Gasteiger partial charge in [0.1, 0.15) is 5.75 Å². The van der Waals surface area contributed by atoms with Gasteiger partial charge < -0.3 is 10.1 Å². The van der Waals surface area contributed by atoms with Crippen molar-refractivity contribution in [2.45, 2.75) is 51.6 Å². The third-order valence-electron chi connectivity index (χ3n) is 4.98. The highest BCUT2D eigenvalue weighted by molar-refractivity contribution is 7.92. The first-order chi connectivity index (χ1) is 13.3. The van der Waals surface area contributed by atoms with Crippen molar-refractivity contribution in [1.29, 1.82) is 0 Å². The Balaban J connectivity index is 1.74. The van der Waals surface area contributed by atoms with Gasteiger partial charge in [0.15, 0.2) is 21.4 Å². The van der Waals surface area contributed by atoms with Crippen LogP contribution in [-0.4, -0.2) is 57.0 Å². The number of benzene rings is 1. The van der Waals surface area contributed by atoms with Crippen molar-refractivity contribution in [3.8, 4) is 5.75 Å². The minimum Gasteiger partial charge on any atom is -0.494 e. The smallest absolute Gasteiger partial charge is 0.235 e. The summed E-state index contributed by atoms with van der Waals surface area (Å²) in [5.41, 5.74) is 0.874. The van der Waals surface area contributed by atoms with Crippen LogP contribution in [0, 0.1) is 5.82 Å². The Kier molecular flexibility index (Phi) is 8.69. The minimum absolute atomic E-state index is 0.0119. The molecule has 1 N–H and O–H groups in total. The van der Waals surface area contributed by atoms with Gasteiger partial charge in [0.05, 0.1) is 12.9 Å². The summed E-state index contributed by atoms with van der Waals surface area (Å²) in [6.45, 7) is 4.17. The van der Waals surface area contributed by atoms with Gasteiger partial charge in [-0.25, -0.2) is 12.8 Å². The number of sulfone groups is 1. The zero-order valence-corrected chi connectivity index (χ0v) is 17.6. The monoisotopic (exact) mass is 414 g/mol. The maximum Gasteiger partial charge on any atom is 0.235 e. The highest BCUT2D eigenvalue weighted by Gasteiger charge is 2.23. The molecule has 1 aliphatic rings. The third-order valence-corrected chi connectivity index (χ3v) is 6.60. The number of carbonyl (C=O) groups is 1. The van der Waals surface area contributed by atoms with Crippen molar-refractivity contribution >= 4 is 15.7 Å². The maximum atomic E-state index is 13.8. The first-order valence-electron chi connectivity index (χ1n) is 9.87. The molecule has 2 rings (SSSR count). The maximum absolute atomic E-state index is 13.8. The molecule has 158 valence electrons. The van der Waals surface area contributed by atoms with Crippen LogP contribution in [0.25, 0.3) is 0 Å². The summed E-state index contributed by atoms with van der Waals surface area (Å²) < 4.78 is 42.7. The average molecular weight is 415 g/mol. The molecule has 1 saturated heterocycles. The molecule has 8 heteroatoms. The minimum atomic E-state index is -3.33. The number of hydrogen-bond donors (Lipinski definition) is 1. The summed E-state index contributed by atoms with van der Waals surface area (Å²) in [6.07, 6.45) is 3.91. The number of likely N-dealkylation sites (tertiary alicyclic amines) is 1. The summed E-state index contributed by atoms with van der Waals surface area (Å²) in [7, 11) is -1.90. The molecule has 0 radical (unpaired) electrons. The van der Waals surface area contributed by atoms with Crippen LogP contribution in [-0.2, 0) is 21.2 Å². The van der Waals surface area contributed by atoms with Gasteiger partial charge in [0, 0.05) is 25.7 Å². The molecule has 1 aromatic carbocycles. The fourth-order valence-electron chi connectivity index (χ4n) is 3.42. The normalized spacial score (nSPS) is 16.1. The Bertz CT molecular complexity index is 747. The summed E-state index contributed by atoms with van der Waals surface area (Å²) in [5, 5.41) is 2.85. The van der Waals surface area contributed by atoms with Crippen molar-refractivity contribution in [2.24, 2.45) is 0 Å². The van der Waals surface area contributed by atoms with E-state index in [4.69, 9.17) is 4.74 Å². The number of rotatable bonds is 10. The Labute approximate surface area is 167 Å². The van der Waals surface area contributed by atoms with E-state index in [1.54, 1.807) is 6.07 Å². The number of halogens is 1. The van der Waals surface area contributed by atoms with Crippen LogP contribution in [0.15, 0.2) is 18.2 Å². The second kappa shape index (κ2) is 10.8. The van der Waals surface area contributed by atoms with Crippen LogP contribution >= 0.6 is 0 Å². The van der Waals surface area contributed by atoms with E-state index in [-0.39, 0.29) is 23.4 Å². The van der Waals surface area contributed by atoms with Gasteiger partial charge in [0.25, 0.3) is 0 Å².